The van der Waals surface area contributed by atoms with Crippen molar-refractivity contribution in [3.8, 4) is 11.5 Å². The Labute approximate surface area is 171 Å². The summed E-state index contributed by atoms with van der Waals surface area (Å²) >= 11 is 0. The lowest BCUT2D eigenvalue weighted by Crippen LogP contribution is -2.31. The molecule has 7 heteroatoms. The maximum Gasteiger partial charge on any atom is 0.209 e. The minimum atomic E-state index is -0.00185. The van der Waals surface area contributed by atoms with Crippen molar-refractivity contribution in [2.24, 2.45) is 0 Å². The maximum atomic E-state index is 10.9. The highest BCUT2D eigenvalue weighted by molar-refractivity contribution is 5.67. The quantitative estimate of drug-likeness (QED) is 0.380. The highest BCUT2D eigenvalue weighted by Crippen LogP contribution is 2.38. The third-order valence-corrected chi connectivity index (χ3v) is 5.09. The van der Waals surface area contributed by atoms with E-state index < -0.39 is 0 Å². The van der Waals surface area contributed by atoms with Crippen molar-refractivity contribution in [1.29, 1.82) is 0 Å². The summed E-state index contributed by atoms with van der Waals surface area (Å²) < 4.78 is 22.7. The minimum absolute atomic E-state index is 0.00185. The summed E-state index contributed by atoms with van der Waals surface area (Å²) in [5, 5.41) is 0. The van der Waals surface area contributed by atoms with Crippen molar-refractivity contribution < 1.29 is 23.7 Å². The van der Waals surface area contributed by atoms with Crippen LogP contribution in [0.25, 0.3) is 0 Å². The van der Waals surface area contributed by atoms with E-state index in [4.69, 9.17) is 18.9 Å². The monoisotopic (exact) mass is 400 g/mol. The summed E-state index contributed by atoms with van der Waals surface area (Å²) in [6.07, 6.45) is 5.37. The Kier molecular flexibility index (Phi) is 6.69. The molecule has 1 aromatic carbocycles. The van der Waals surface area contributed by atoms with Crippen LogP contribution in [0.15, 0.2) is 54.1 Å². The molecule has 0 radical (unpaired) electrons. The molecule has 1 amide bonds. The number of methoxy groups -OCH3 is 2. The van der Waals surface area contributed by atoms with Crippen molar-refractivity contribution in [1.82, 2.24) is 4.90 Å². The Morgan fingerprint density at radius 1 is 1.28 bits per heavy atom. The molecule has 0 aliphatic carbocycles. The number of fused-ring (bicyclic) bond motifs is 1. The van der Waals surface area contributed by atoms with Crippen molar-refractivity contribution in [3.63, 3.8) is 0 Å². The summed E-state index contributed by atoms with van der Waals surface area (Å²) in [6, 6.07) is 5.78. The molecule has 1 aromatic rings. The summed E-state index contributed by atoms with van der Waals surface area (Å²) in [5.41, 5.74) is 1.77. The fourth-order valence-electron chi connectivity index (χ4n) is 3.46. The molecular weight excluding hydrogens is 372 g/mol. The predicted octanol–water partition coefficient (Wildman–Crippen LogP) is 3.09. The minimum Gasteiger partial charge on any atom is -0.498 e. The number of hydrogen-bond donors (Lipinski definition) is 0. The molecule has 3 rings (SSSR count). The Morgan fingerprint density at radius 2 is 2.10 bits per heavy atom. The summed E-state index contributed by atoms with van der Waals surface area (Å²) in [6.45, 7) is 8.37. The van der Waals surface area contributed by atoms with Crippen LogP contribution in [0.2, 0.25) is 0 Å². The van der Waals surface area contributed by atoms with E-state index in [9.17, 15) is 4.79 Å². The summed E-state index contributed by atoms with van der Waals surface area (Å²) in [4.78, 5) is 14.8. The van der Waals surface area contributed by atoms with Crippen molar-refractivity contribution in [3.05, 3.63) is 54.1 Å². The highest BCUT2D eigenvalue weighted by Gasteiger charge is 2.25. The SMILES string of the molecule is C=C/C(=C\C(OC)=C(/C)OC)N1CCOc2ccc(O[C@H]3CCN(C=O)C3)cc21. The molecule has 2 heterocycles. The molecule has 29 heavy (non-hydrogen) atoms. The van der Waals surface area contributed by atoms with Gasteiger partial charge in [-0.15, -0.1) is 0 Å². The molecule has 0 aromatic heterocycles. The molecule has 2 aliphatic rings. The molecule has 7 nitrogen and oxygen atoms in total. The van der Waals surface area contributed by atoms with Gasteiger partial charge in [-0.3, -0.25) is 4.79 Å². The number of likely N-dealkylation sites (tertiary alicyclic amines) is 1. The zero-order valence-electron chi connectivity index (χ0n) is 17.2. The van der Waals surface area contributed by atoms with Gasteiger partial charge in [0.05, 0.1) is 33.0 Å². The smallest absolute Gasteiger partial charge is 0.209 e. The van der Waals surface area contributed by atoms with E-state index in [0.717, 1.165) is 42.3 Å². The summed E-state index contributed by atoms with van der Waals surface area (Å²) in [5.74, 6) is 2.83. The zero-order chi connectivity index (χ0) is 20.8. The molecule has 0 unspecified atom stereocenters. The van der Waals surface area contributed by atoms with Crippen molar-refractivity contribution >= 4 is 12.1 Å². The molecule has 0 spiro atoms. The highest BCUT2D eigenvalue weighted by atomic mass is 16.5. The van der Waals surface area contributed by atoms with E-state index >= 15 is 0 Å². The lowest BCUT2D eigenvalue weighted by Gasteiger charge is -2.32. The van der Waals surface area contributed by atoms with Crippen LogP contribution in [0.3, 0.4) is 0 Å². The van der Waals surface area contributed by atoms with Gasteiger partial charge in [-0.05, 0) is 25.1 Å². The van der Waals surface area contributed by atoms with Gasteiger partial charge >= 0.3 is 0 Å². The van der Waals surface area contributed by atoms with Gasteiger partial charge in [0.1, 0.15) is 30.0 Å². The molecule has 1 atom stereocenters. The van der Waals surface area contributed by atoms with Crippen LogP contribution in [0.1, 0.15) is 13.3 Å². The molecule has 1 fully saturated rings. The van der Waals surface area contributed by atoms with Crippen LogP contribution in [0.4, 0.5) is 5.69 Å². The number of hydrogen-bond acceptors (Lipinski definition) is 6. The number of ether oxygens (including phenoxy) is 4. The molecule has 0 N–H and O–H groups in total. The van der Waals surface area contributed by atoms with Gasteiger partial charge in [-0.2, -0.15) is 0 Å². The van der Waals surface area contributed by atoms with Crippen molar-refractivity contribution in [2.45, 2.75) is 19.4 Å². The molecule has 0 saturated carbocycles. The second kappa shape index (κ2) is 9.41. The Balaban J connectivity index is 1.88. The number of nitrogens with zero attached hydrogens (tertiary/aromatic N) is 2. The third-order valence-electron chi connectivity index (χ3n) is 5.09. The first-order valence-corrected chi connectivity index (χ1v) is 9.63. The number of amides is 1. The van der Waals surface area contributed by atoms with Gasteiger partial charge in [0.2, 0.25) is 6.41 Å². The number of anilines is 1. The maximum absolute atomic E-state index is 10.9. The fourth-order valence-corrected chi connectivity index (χ4v) is 3.46. The average Bonchev–Trinajstić information content (AvgIpc) is 3.21. The number of carbonyl (C=O) groups excluding carboxylic acids is 1. The number of benzene rings is 1. The van der Waals surface area contributed by atoms with Gasteiger partial charge < -0.3 is 28.7 Å². The first-order chi connectivity index (χ1) is 14.1. The Bertz CT molecular complexity index is 817. The van der Waals surface area contributed by atoms with E-state index in [1.54, 1.807) is 25.2 Å². The van der Waals surface area contributed by atoms with Gasteiger partial charge in [-0.25, -0.2) is 0 Å². The van der Waals surface area contributed by atoms with Gasteiger partial charge in [0.15, 0.2) is 5.76 Å². The second-order valence-electron chi connectivity index (χ2n) is 6.86. The normalized spacial score (nSPS) is 19.7. The van der Waals surface area contributed by atoms with Crippen LogP contribution >= 0.6 is 0 Å². The summed E-state index contributed by atoms with van der Waals surface area (Å²) in [7, 11) is 3.22. The van der Waals surface area contributed by atoms with Crippen LogP contribution in [0.5, 0.6) is 11.5 Å². The number of allylic oxidation sites excluding steroid dienone is 3. The molecule has 2 aliphatic heterocycles. The van der Waals surface area contributed by atoms with Crippen LogP contribution < -0.4 is 14.4 Å². The second-order valence-corrected chi connectivity index (χ2v) is 6.86. The largest absolute Gasteiger partial charge is 0.498 e. The zero-order valence-corrected chi connectivity index (χ0v) is 17.2. The van der Waals surface area contributed by atoms with Gasteiger partial charge in [0, 0.05) is 30.8 Å². The first kappa shape index (κ1) is 20.6. The predicted molar refractivity (Wildman–Crippen MR) is 111 cm³/mol. The van der Waals surface area contributed by atoms with Gasteiger partial charge in [0.25, 0.3) is 0 Å². The molecule has 156 valence electrons. The van der Waals surface area contributed by atoms with E-state index in [1.165, 1.54) is 0 Å². The fraction of sp³-hybridized carbons (Fsp3) is 0.409. The average molecular weight is 400 g/mol. The van der Waals surface area contributed by atoms with Crippen molar-refractivity contribution in [2.75, 3.05) is 45.4 Å². The van der Waals surface area contributed by atoms with E-state index in [2.05, 4.69) is 11.5 Å². The topological polar surface area (TPSA) is 60.5 Å². The number of rotatable bonds is 8. The van der Waals surface area contributed by atoms with E-state index in [0.29, 0.717) is 31.2 Å². The Hall–Kier alpha value is -3.09. The molecular formula is C22H28N2O5. The standard InChI is InChI=1S/C22H28N2O5/c1-5-17(12-22(27-4)16(2)26-3)24-10-11-28-21-7-6-18(13-20(21)24)29-19-8-9-23(14-19)15-25/h5-7,12-13,15,19H,1,8-11,14H2,2-4H3/b17-12+,22-16-/t19-/m0/s1. The lowest BCUT2D eigenvalue weighted by molar-refractivity contribution is -0.117. The van der Waals surface area contributed by atoms with Gasteiger partial charge in [-0.1, -0.05) is 6.58 Å². The molecule has 1 saturated heterocycles. The Morgan fingerprint density at radius 3 is 2.76 bits per heavy atom. The lowest BCUT2D eigenvalue weighted by atomic mass is 10.2. The molecule has 0 bridgehead atoms. The first-order valence-electron chi connectivity index (χ1n) is 9.63. The van der Waals surface area contributed by atoms with Crippen LogP contribution in [-0.4, -0.2) is 57.9 Å². The number of carbonyl (C=O) groups is 1. The van der Waals surface area contributed by atoms with Crippen LogP contribution in [0, 0.1) is 0 Å². The van der Waals surface area contributed by atoms with E-state index in [1.807, 2.05) is 31.2 Å². The van der Waals surface area contributed by atoms with E-state index in [-0.39, 0.29) is 6.10 Å². The van der Waals surface area contributed by atoms with Crippen LogP contribution in [-0.2, 0) is 14.3 Å². The third kappa shape index (κ3) is 4.67.